The Bertz CT molecular complexity index is 878. The van der Waals surface area contributed by atoms with Gasteiger partial charge in [-0.15, -0.1) is 0 Å². The van der Waals surface area contributed by atoms with Crippen molar-refractivity contribution in [2.75, 3.05) is 19.0 Å². The number of ether oxygens (including phenoxy) is 2. The molecule has 0 spiro atoms. The maximum Gasteiger partial charge on any atom is 0.262 e. The first kappa shape index (κ1) is 16.1. The van der Waals surface area contributed by atoms with Crippen LogP contribution in [0, 0.1) is 0 Å². The second kappa shape index (κ2) is 7.19. The molecule has 0 bridgehead atoms. The number of pyridine rings is 1. The number of nitrogens with zero attached hydrogens (tertiary/aromatic N) is 1. The van der Waals surface area contributed by atoms with Crippen molar-refractivity contribution in [3.63, 3.8) is 0 Å². The monoisotopic (exact) mass is 342 g/mol. The molecule has 0 aliphatic heterocycles. The van der Waals surface area contributed by atoms with E-state index in [1.54, 1.807) is 30.5 Å². The summed E-state index contributed by atoms with van der Waals surface area (Å²) in [4.78, 5) is 16.3. The summed E-state index contributed by atoms with van der Waals surface area (Å²) in [5.41, 5.74) is 1.30. The van der Waals surface area contributed by atoms with Gasteiger partial charge in [0.1, 0.15) is 17.0 Å². The van der Waals surface area contributed by atoms with Gasteiger partial charge in [-0.25, -0.2) is 0 Å². The van der Waals surface area contributed by atoms with E-state index in [0.717, 1.165) is 10.9 Å². The number of methoxy groups -OCH3 is 1. The molecule has 1 heterocycles. The molecule has 1 N–H and O–H groups in total. The van der Waals surface area contributed by atoms with Crippen molar-refractivity contribution in [3.8, 4) is 11.5 Å². The van der Waals surface area contributed by atoms with Crippen molar-refractivity contribution in [1.29, 1.82) is 0 Å². The van der Waals surface area contributed by atoms with Crippen molar-refractivity contribution in [1.82, 2.24) is 4.98 Å². The Hall–Kier alpha value is -2.79. The molecule has 1 aromatic heterocycles. The fourth-order valence-corrected chi connectivity index (χ4v) is 2.53. The second-order valence-corrected chi connectivity index (χ2v) is 5.42. The quantitative estimate of drug-likeness (QED) is 0.763. The SMILES string of the molecule is COc1ccc(NC(=O)COc2cccc3cccnc23)cc1Cl. The minimum Gasteiger partial charge on any atom is -0.495 e. The maximum atomic E-state index is 12.1. The molecule has 24 heavy (non-hydrogen) atoms. The summed E-state index contributed by atoms with van der Waals surface area (Å²) in [5, 5.41) is 4.11. The van der Waals surface area contributed by atoms with Gasteiger partial charge in [-0.2, -0.15) is 0 Å². The number of carbonyl (C=O) groups excluding carboxylic acids is 1. The van der Waals surface area contributed by atoms with Crippen molar-refractivity contribution in [2.24, 2.45) is 0 Å². The van der Waals surface area contributed by atoms with Crippen molar-refractivity contribution in [3.05, 3.63) is 59.8 Å². The maximum absolute atomic E-state index is 12.1. The van der Waals surface area contributed by atoms with Crippen molar-refractivity contribution >= 4 is 34.1 Å². The van der Waals surface area contributed by atoms with Gasteiger partial charge in [-0.3, -0.25) is 9.78 Å². The van der Waals surface area contributed by atoms with Crippen molar-refractivity contribution < 1.29 is 14.3 Å². The number of nitrogens with one attached hydrogen (secondary N) is 1. The Labute approximate surface area is 144 Å². The van der Waals surface area contributed by atoms with Crippen LogP contribution >= 0.6 is 11.6 Å². The molecule has 5 nitrogen and oxygen atoms in total. The number of benzene rings is 2. The summed E-state index contributed by atoms with van der Waals surface area (Å²) in [6, 6.07) is 14.4. The first-order valence-corrected chi connectivity index (χ1v) is 7.65. The lowest BCUT2D eigenvalue weighted by atomic mass is 10.2. The van der Waals surface area contributed by atoms with Crippen LogP contribution in [-0.4, -0.2) is 24.6 Å². The van der Waals surface area contributed by atoms with Crippen LogP contribution in [0.3, 0.4) is 0 Å². The zero-order valence-corrected chi connectivity index (χ0v) is 13.7. The predicted molar refractivity (Wildman–Crippen MR) is 93.9 cm³/mol. The highest BCUT2D eigenvalue weighted by molar-refractivity contribution is 6.32. The zero-order valence-electron chi connectivity index (χ0n) is 13.0. The third-order valence-corrected chi connectivity index (χ3v) is 3.69. The van der Waals surface area contributed by atoms with Crippen LogP contribution < -0.4 is 14.8 Å². The highest BCUT2D eigenvalue weighted by atomic mass is 35.5. The average Bonchev–Trinajstić information content (AvgIpc) is 2.60. The van der Waals surface area contributed by atoms with E-state index in [2.05, 4.69) is 10.3 Å². The largest absolute Gasteiger partial charge is 0.495 e. The molecule has 1 amide bonds. The van der Waals surface area contributed by atoms with Gasteiger partial charge in [0.2, 0.25) is 0 Å². The fraction of sp³-hybridized carbons (Fsp3) is 0.111. The van der Waals surface area contributed by atoms with E-state index >= 15 is 0 Å². The number of halogens is 1. The summed E-state index contributed by atoms with van der Waals surface area (Å²) in [5.74, 6) is 0.827. The molecule has 3 aromatic rings. The third-order valence-electron chi connectivity index (χ3n) is 3.39. The molecule has 0 saturated carbocycles. The lowest BCUT2D eigenvalue weighted by Gasteiger charge is -2.10. The molecule has 0 fully saturated rings. The summed E-state index contributed by atoms with van der Waals surface area (Å²) in [7, 11) is 1.53. The van der Waals surface area contributed by atoms with E-state index in [1.807, 2.05) is 24.3 Å². The van der Waals surface area contributed by atoms with Gasteiger partial charge in [0, 0.05) is 17.3 Å². The molecule has 0 saturated heterocycles. The molecule has 3 rings (SSSR count). The number of aromatic nitrogens is 1. The number of carbonyl (C=O) groups is 1. The number of fused-ring (bicyclic) bond motifs is 1. The average molecular weight is 343 g/mol. The normalized spacial score (nSPS) is 10.4. The smallest absolute Gasteiger partial charge is 0.262 e. The Balaban J connectivity index is 1.66. The topological polar surface area (TPSA) is 60.5 Å². The van der Waals surface area contributed by atoms with E-state index in [1.165, 1.54) is 7.11 Å². The molecular formula is C18H15ClN2O3. The molecule has 0 atom stereocenters. The first-order chi connectivity index (χ1) is 11.7. The molecular weight excluding hydrogens is 328 g/mol. The zero-order chi connectivity index (χ0) is 16.9. The Morgan fingerprint density at radius 3 is 2.79 bits per heavy atom. The summed E-state index contributed by atoms with van der Waals surface area (Å²) >= 11 is 6.04. The molecule has 2 aromatic carbocycles. The van der Waals surface area contributed by atoms with E-state index in [4.69, 9.17) is 21.1 Å². The summed E-state index contributed by atoms with van der Waals surface area (Å²) in [6.45, 7) is -0.126. The fourth-order valence-electron chi connectivity index (χ4n) is 2.28. The van der Waals surface area contributed by atoms with Gasteiger partial charge in [0.25, 0.3) is 5.91 Å². The van der Waals surface area contributed by atoms with Crippen LogP contribution in [0.2, 0.25) is 5.02 Å². The number of hydrogen-bond donors (Lipinski definition) is 1. The third kappa shape index (κ3) is 3.58. The second-order valence-electron chi connectivity index (χ2n) is 5.02. The van der Waals surface area contributed by atoms with Crippen LogP contribution in [-0.2, 0) is 4.79 Å². The minimum absolute atomic E-state index is 0.126. The van der Waals surface area contributed by atoms with Crippen LogP contribution in [0.1, 0.15) is 0 Å². The van der Waals surface area contributed by atoms with Crippen LogP contribution in [0.15, 0.2) is 54.7 Å². The predicted octanol–water partition coefficient (Wildman–Crippen LogP) is 3.91. The molecule has 6 heteroatoms. The highest BCUT2D eigenvalue weighted by Crippen LogP contribution is 2.27. The Morgan fingerprint density at radius 1 is 1.17 bits per heavy atom. The van der Waals surface area contributed by atoms with Gasteiger partial charge in [0.15, 0.2) is 6.61 Å². The molecule has 0 radical (unpaired) electrons. The molecule has 122 valence electrons. The van der Waals surface area contributed by atoms with E-state index in [-0.39, 0.29) is 12.5 Å². The van der Waals surface area contributed by atoms with Crippen LogP contribution in [0.4, 0.5) is 5.69 Å². The lowest BCUT2D eigenvalue weighted by Crippen LogP contribution is -2.20. The van der Waals surface area contributed by atoms with Gasteiger partial charge >= 0.3 is 0 Å². The van der Waals surface area contributed by atoms with Gasteiger partial charge in [-0.1, -0.05) is 29.8 Å². The van der Waals surface area contributed by atoms with Gasteiger partial charge in [-0.05, 0) is 30.3 Å². The van der Waals surface area contributed by atoms with Gasteiger partial charge in [0.05, 0.1) is 12.1 Å². The number of para-hydroxylation sites is 1. The first-order valence-electron chi connectivity index (χ1n) is 7.27. The lowest BCUT2D eigenvalue weighted by molar-refractivity contribution is -0.118. The van der Waals surface area contributed by atoms with E-state index in [9.17, 15) is 4.79 Å². The molecule has 0 aliphatic rings. The van der Waals surface area contributed by atoms with Crippen molar-refractivity contribution in [2.45, 2.75) is 0 Å². The Morgan fingerprint density at radius 2 is 2.00 bits per heavy atom. The highest BCUT2D eigenvalue weighted by Gasteiger charge is 2.08. The van der Waals surface area contributed by atoms with Crippen LogP contribution in [0.25, 0.3) is 10.9 Å². The number of rotatable bonds is 5. The van der Waals surface area contributed by atoms with E-state index in [0.29, 0.717) is 22.2 Å². The van der Waals surface area contributed by atoms with Gasteiger partial charge < -0.3 is 14.8 Å². The van der Waals surface area contributed by atoms with Crippen LogP contribution in [0.5, 0.6) is 11.5 Å². The molecule has 0 unspecified atom stereocenters. The summed E-state index contributed by atoms with van der Waals surface area (Å²) < 4.78 is 10.7. The number of hydrogen-bond acceptors (Lipinski definition) is 4. The Kier molecular flexibility index (Phi) is 4.82. The number of amides is 1. The molecule has 0 aliphatic carbocycles. The number of anilines is 1. The standard InChI is InChI=1S/C18H15ClN2O3/c1-23-15-8-7-13(10-14(15)19)21-17(22)11-24-16-6-2-4-12-5-3-9-20-18(12)16/h2-10H,11H2,1H3,(H,21,22). The summed E-state index contributed by atoms with van der Waals surface area (Å²) in [6.07, 6.45) is 1.69. The van der Waals surface area contributed by atoms with E-state index < -0.39 is 0 Å². The minimum atomic E-state index is -0.288.